The Balaban J connectivity index is 2.96. The van der Waals surface area contributed by atoms with E-state index >= 15 is 0 Å². The van der Waals surface area contributed by atoms with Crippen LogP contribution in [0.5, 0.6) is 0 Å². The molecule has 0 aliphatic carbocycles. The van der Waals surface area contributed by atoms with Crippen LogP contribution in [0.3, 0.4) is 0 Å². The van der Waals surface area contributed by atoms with Gasteiger partial charge in [-0.3, -0.25) is 0 Å². The number of carbonyl (C=O) groups is 1. The highest BCUT2D eigenvalue weighted by atomic mass is 19.4. The second kappa shape index (κ2) is 13.1. The van der Waals surface area contributed by atoms with E-state index in [2.05, 4.69) is 30.6 Å². The molecule has 1 aromatic rings. The van der Waals surface area contributed by atoms with Crippen molar-refractivity contribution >= 4 is 5.97 Å². The first-order valence-electron chi connectivity index (χ1n) is 10.6. The molecule has 0 heterocycles. The van der Waals surface area contributed by atoms with Gasteiger partial charge in [0.1, 0.15) is 0 Å². The van der Waals surface area contributed by atoms with Crippen molar-refractivity contribution in [2.75, 3.05) is 7.11 Å². The molecule has 0 saturated carbocycles. The maximum absolute atomic E-state index is 14.0. The van der Waals surface area contributed by atoms with Gasteiger partial charge in [-0.15, -0.1) is 0 Å². The number of hydrogen-bond acceptors (Lipinski definition) is 3. The molecular weight excluding hydrogens is 405 g/mol. The number of alkyl halides is 3. The maximum Gasteiger partial charge on any atom is 0.432 e. The van der Waals surface area contributed by atoms with Gasteiger partial charge in [-0.05, 0) is 24.2 Å². The fourth-order valence-corrected chi connectivity index (χ4v) is 2.95. The Morgan fingerprint density at radius 2 is 1.68 bits per heavy atom. The van der Waals surface area contributed by atoms with E-state index in [4.69, 9.17) is 9.47 Å². The van der Waals surface area contributed by atoms with Crippen LogP contribution in [-0.2, 0) is 19.9 Å². The lowest BCUT2D eigenvalue weighted by atomic mass is 9.92. The number of hydrogen-bond donors (Lipinski definition) is 0. The van der Waals surface area contributed by atoms with Crippen LogP contribution >= 0.6 is 0 Å². The third-order valence-electron chi connectivity index (χ3n) is 4.78. The second-order valence-electron chi connectivity index (χ2n) is 7.55. The highest BCUT2D eigenvalue weighted by Crippen LogP contribution is 2.43. The smallest absolute Gasteiger partial charge is 0.432 e. The third-order valence-corrected chi connectivity index (χ3v) is 4.78. The molecule has 0 amide bonds. The van der Waals surface area contributed by atoms with E-state index in [1.165, 1.54) is 43.5 Å². The van der Waals surface area contributed by atoms with E-state index in [1.807, 2.05) is 0 Å². The van der Waals surface area contributed by atoms with Gasteiger partial charge >= 0.3 is 12.1 Å². The molecule has 1 aromatic carbocycles. The van der Waals surface area contributed by atoms with E-state index in [-0.39, 0.29) is 11.5 Å². The molecule has 0 radical (unpaired) electrons. The van der Waals surface area contributed by atoms with Crippen LogP contribution in [0.15, 0.2) is 30.3 Å². The van der Waals surface area contributed by atoms with Crippen LogP contribution in [0, 0.1) is 29.6 Å². The van der Waals surface area contributed by atoms with Gasteiger partial charge in [0, 0.05) is 25.0 Å². The normalized spacial score (nSPS) is 13.9. The Labute approximate surface area is 183 Å². The molecule has 0 aliphatic heterocycles. The first-order chi connectivity index (χ1) is 14.7. The molecule has 2 atom stereocenters. The average Bonchev–Trinajstić information content (AvgIpc) is 2.72. The van der Waals surface area contributed by atoms with Crippen LogP contribution in [-0.4, -0.2) is 25.4 Å². The Kier molecular flexibility index (Phi) is 11.2. The molecule has 0 unspecified atom stereocenters. The number of methoxy groups -OCH3 is 1. The molecular formula is C25H31F3O3. The molecule has 0 saturated heterocycles. The summed E-state index contributed by atoms with van der Waals surface area (Å²) >= 11 is 0. The van der Waals surface area contributed by atoms with E-state index in [1.54, 1.807) is 19.9 Å². The molecule has 0 fully saturated rings. The minimum absolute atomic E-state index is 0.328. The van der Waals surface area contributed by atoms with Crippen LogP contribution < -0.4 is 0 Å². The Morgan fingerprint density at radius 3 is 2.23 bits per heavy atom. The molecule has 3 nitrogen and oxygen atoms in total. The van der Waals surface area contributed by atoms with E-state index in [0.717, 1.165) is 20.0 Å². The second-order valence-corrected chi connectivity index (χ2v) is 7.55. The van der Waals surface area contributed by atoms with Crippen molar-refractivity contribution < 1.29 is 27.4 Å². The van der Waals surface area contributed by atoms with Crippen LogP contribution in [0.4, 0.5) is 13.2 Å². The lowest BCUT2D eigenvalue weighted by molar-refractivity contribution is -0.277. The minimum Gasteiger partial charge on any atom is -0.446 e. The maximum atomic E-state index is 14.0. The fraction of sp³-hybridized carbons (Fsp3) is 0.560. The molecule has 0 aromatic heterocycles. The number of esters is 1. The predicted molar refractivity (Wildman–Crippen MR) is 115 cm³/mol. The molecule has 6 heteroatoms. The third kappa shape index (κ3) is 7.64. The summed E-state index contributed by atoms with van der Waals surface area (Å²) in [6, 6.07) is 6.72. The Morgan fingerprint density at radius 1 is 1.03 bits per heavy atom. The Hall–Kier alpha value is -2.44. The Bertz CT molecular complexity index is 795. The summed E-state index contributed by atoms with van der Waals surface area (Å²) in [7, 11) is 0.837. The zero-order chi connectivity index (χ0) is 23.3. The van der Waals surface area contributed by atoms with E-state index in [9.17, 15) is 18.0 Å². The number of rotatable bonds is 10. The van der Waals surface area contributed by atoms with Gasteiger partial charge in [0.2, 0.25) is 0 Å². The molecule has 170 valence electrons. The SMILES string of the molecule is CCCCCCCC#CC#C[C@@H](OC(=O)[C@](OC)(c1ccccc1)C(F)(F)F)C(C)C. The highest BCUT2D eigenvalue weighted by molar-refractivity contribution is 5.83. The van der Waals surface area contributed by atoms with Crippen molar-refractivity contribution in [1.29, 1.82) is 0 Å². The monoisotopic (exact) mass is 436 g/mol. The first kappa shape index (κ1) is 26.6. The lowest BCUT2D eigenvalue weighted by Gasteiger charge is -2.33. The topological polar surface area (TPSA) is 35.5 Å². The number of carbonyl (C=O) groups excluding carboxylic acids is 1. The molecule has 0 spiro atoms. The molecule has 31 heavy (non-hydrogen) atoms. The van der Waals surface area contributed by atoms with Crippen LogP contribution in [0.25, 0.3) is 0 Å². The highest BCUT2D eigenvalue weighted by Gasteiger charge is 2.64. The van der Waals surface area contributed by atoms with E-state index in [0.29, 0.717) is 6.42 Å². The molecule has 0 aliphatic rings. The standard InChI is InChI=1S/C25H31F3O3/c1-5-6-7-8-9-10-11-12-16-19-22(20(2)3)31-23(29)24(30-4,25(26,27)28)21-17-14-13-15-18-21/h13-15,17-18,20,22H,5-10H2,1-4H3/t22-,24-/m1/s1. The van der Waals surface area contributed by atoms with Crippen molar-refractivity contribution in [2.45, 2.75) is 77.2 Å². The first-order valence-corrected chi connectivity index (χ1v) is 10.6. The molecule has 1 rings (SSSR count). The van der Waals surface area contributed by atoms with Crippen molar-refractivity contribution in [3.63, 3.8) is 0 Å². The fourth-order valence-electron chi connectivity index (χ4n) is 2.95. The number of unbranched alkanes of at least 4 members (excludes halogenated alkanes) is 5. The quantitative estimate of drug-likeness (QED) is 0.255. The molecule has 0 N–H and O–H groups in total. The van der Waals surface area contributed by atoms with Gasteiger partial charge in [-0.2, -0.15) is 13.2 Å². The van der Waals surface area contributed by atoms with Gasteiger partial charge in [-0.1, -0.05) is 82.7 Å². The van der Waals surface area contributed by atoms with Crippen molar-refractivity contribution in [1.82, 2.24) is 0 Å². The number of halogens is 3. The van der Waals surface area contributed by atoms with Gasteiger partial charge in [0.15, 0.2) is 6.10 Å². The summed E-state index contributed by atoms with van der Waals surface area (Å²) in [5.41, 5.74) is -3.58. The summed E-state index contributed by atoms with van der Waals surface area (Å²) in [5, 5.41) is 0. The average molecular weight is 437 g/mol. The van der Waals surface area contributed by atoms with Crippen molar-refractivity contribution in [3.05, 3.63) is 35.9 Å². The summed E-state index contributed by atoms with van der Waals surface area (Å²) in [6.45, 7) is 5.56. The minimum atomic E-state index is -5.02. The summed E-state index contributed by atoms with van der Waals surface area (Å²) in [5.74, 6) is 9.03. The van der Waals surface area contributed by atoms with Crippen LogP contribution in [0.1, 0.15) is 64.9 Å². The number of benzene rings is 1. The molecule has 0 bridgehead atoms. The van der Waals surface area contributed by atoms with Crippen LogP contribution in [0.2, 0.25) is 0 Å². The summed E-state index contributed by atoms with van der Waals surface area (Å²) in [6.07, 6.45) is 0.290. The summed E-state index contributed by atoms with van der Waals surface area (Å²) < 4.78 is 51.9. The lowest BCUT2D eigenvalue weighted by Crippen LogP contribution is -2.52. The largest absolute Gasteiger partial charge is 0.446 e. The predicted octanol–water partition coefficient (Wildman–Crippen LogP) is 6.03. The van der Waals surface area contributed by atoms with Crippen molar-refractivity contribution in [3.8, 4) is 23.7 Å². The zero-order valence-electron chi connectivity index (χ0n) is 18.6. The van der Waals surface area contributed by atoms with Gasteiger partial charge in [-0.25, -0.2) is 4.79 Å². The zero-order valence-corrected chi connectivity index (χ0v) is 18.6. The van der Waals surface area contributed by atoms with Crippen molar-refractivity contribution in [2.24, 2.45) is 5.92 Å². The van der Waals surface area contributed by atoms with Gasteiger partial charge in [0.25, 0.3) is 5.60 Å². The van der Waals surface area contributed by atoms with Gasteiger partial charge < -0.3 is 9.47 Å². The number of ether oxygens (including phenoxy) is 2. The summed E-state index contributed by atoms with van der Waals surface area (Å²) in [4.78, 5) is 12.7. The van der Waals surface area contributed by atoms with E-state index < -0.39 is 23.9 Å². The van der Waals surface area contributed by atoms with Gasteiger partial charge in [0.05, 0.1) is 0 Å².